The molecule has 0 aromatic carbocycles. The first-order valence-electron chi connectivity index (χ1n) is 5.82. The minimum Gasteiger partial charge on any atom is -0.481 e. The molecule has 1 aliphatic carbocycles. The summed E-state index contributed by atoms with van der Waals surface area (Å²) >= 11 is 0. The molecule has 1 N–H and O–H groups in total. The third-order valence-corrected chi connectivity index (χ3v) is 3.90. The maximum atomic E-state index is 12.3. The van der Waals surface area contributed by atoms with Crippen molar-refractivity contribution < 1.29 is 27.9 Å². The highest BCUT2D eigenvalue weighted by atomic mass is 19.4. The lowest BCUT2D eigenvalue weighted by Crippen LogP contribution is -2.55. The molecule has 4 nitrogen and oxygen atoms in total. The Morgan fingerprint density at radius 1 is 1.28 bits per heavy atom. The highest BCUT2D eigenvalue weighted by molar-refractivity contribution is 5.82. The van der Waals surface area contributed by atoms with E-state index in [0.717, 1.165) is 4.90 Å². The average molecular weight is 265 g/mol. The zero-order chi connectivity index (χ0) is 13.6. The number of carboxylic acids is 1. The number of nitrogens with zero attached hydrogens (tertiary/aromatic N) is 1. The van der Waals surface area contributed by atoms with Gasteiger partial charge < -0.3 is 10.0 Å². The quantitative estimate of drug-likeness (QED) is 0.784. The summed E-state index contributed by atoms with van der Waals surface area (Å²) < 4.78 is 37.0. The fourth-order valence-electron chi connectivity index (χ4n) is 3.05. The van der Waals surface area contributed by atoms with E-state index in [-0.39, 0.29) is 13.1 Å². The molecule has 0 radical (unpaired) electrons. The molecule has 18 heavy (non-hydrogen) atoms. The van der Waals surface area contributed by atoms with Gasteiger partial charge in [-0.15, -0.1) is 0 Å². The molecule has 2 aliphatic rings. The lowest BCUT2D eigenvalue weighted by molar-refractivity contribution is -0.191. The van der Waals surface area contributed by atoms with E-state index in [1.54, 1.807) is 0 Å². The van der Waals surface area contributed by atoms with Gasteiger partial charge in [-0.2, -0.15) is 13.2 Å². The maximum absolute atomic E-state index is 12.3. The summed E-state index contributed by atoms with van der Waals surface area (Å²) in [6, 6.07) is 0. The predicted octanol–water partition coefficient (Wildman–Crippen LogP) is 1.65. The molecule has 2 rings (SSSR count). The Kier molecular flexibility index (Phi) is 3.03. The summed E-state index contributed by atoms with van der Waals surface area (Å²) in [5.74, 6) is -3.17. The van der Waals surface area contributed by atoms with Crippen LogP contribution in [0.4, 0.5) is 13.2 Å². The summed E-state index contributed by atoms with van der Waals surface area (Å²) in [5, 5.41) is 8.79. The van der Waals surface area contributed by atoms with Crippen LogP contribution in [0.15, 0.2) is 0 Å². The van der Waals surface area contributed by atoms with Crippen molar-refractivity contribution in [2.45, 2.75) is 31.9 Å². The van der Waals surface area contributed by atoms with Crippen molar-refractivity contribution in [1.82, 2.24) is 4.90 Å². The van der Waals surface area contributed by atoms with Crippen LogP contribution in [-0.2, 0) is 9.59 Å². The van der Waals surface area contributed by atoms with Crippen LogP contribution < -0.4 is 0 Å². The molecule has 1 saturated carbocycles. The van der Waals surface area contributed by atoms with Crippen molar-refractivity contribution in [3.8, 4) is 0 Å². The number of aliphatic carboxylic acids is 1. The van der Waals surface area contributed by atoms with Crippen LogP contribution in [0, 0.1) is 11.3 Å². The first kappa shape index (κ1) is 13.2. The van der Waals surface area contributed by atoms with Gasteiger partial charge in [0, 0.05) is 13.1 Å². The first-order valence-corrected chi connectivity index (χ1v) is 5.82. The predicted molar refractivity (Wildman–Crippen MR) is 54.7 cm³/mol. The van der Waals surface area contributed by atoms with Gasteiger partial charge in [0.25, 0.3) is 0 Å². The number of halogens is 3. The van der Waals surface area contributed by atoms with Crippen molar-refractivity contribution in [2.24, 2.45) is 11.3 Å². The molecule has 0 bridgehead atoms. The molecular formula is C11H14F3NO3. The molecule has 0 atom stereocenters. The maximum Gasteiger partial charge on any atom is 0.471 e. The number of alkyl halides is 3. The van der Waals surface area contributed by atoms with Crippen molar-refractivity contribution in [3.05, 3.63) is 0 Å². The van der Waals surface area contributed by atoms with Crippen LogP contribution in [0.25, 0.3) is 0 Å². The van der Waals surface area contributed by atoms with Gasteiger partial charge >= 0.3 is 18.1 Å². The van der Waals surface area contributed by atoms with Crippen LogP contribution in [0.5, 0.6) is 0 Å². The van der Waals surface area contributed by atoms with Crippen molar-refractivity contribution in [2.75, 3.05) is 13.1 Å². The average Bonchev–Trinajstić information content (AvgIpc) is 2.23. The molecule has 0 aromatic rings. The van der Waals surface area contributed by atoms with Gasteiger partial charge in [-0.05, 0) is 31.1 Å². The second-order valence-electron chi connectivity index (χ2n) is 5.27. The molecule has 7 heteroatoms. The third kappa shape index (κ3) is 2.30. The van der Waals surface area contributed by atoms with Crippen LogP contribution in [-0.4, -0.2) is 41.1 Å². The number of hydrogen-bond donors (Lipinski definition) is 1. The highest BCUT2D eigenvalue weighted by Crippen LogP contribution is 2.51. The summed E-state index contributed by atoms with van der Waals surface area (Å²) in [6.45, 7) is 0.146. The Labute approximate surface area is 102 Å². The van der Waals surface area contributed by atoms with E-state index >= 15 is 0 Å². The highest BCUT2D eigenvalue weighted by Gasteiger charge is 2.52. The molecule has 1 spiro atoms. The summed E-state index contributed by atoms with van der Waals surface area (Å²) in [7, 11) is 0. The standard InChI is InChI=1S/C11H14F3NO3/c12-11(13,14)9(18)15-3-1-2-10(6-15)4-7(5-10)8(16)17/h7H,1-6H2,(H,16,17). The normalized spacial score (nSPS) is 32.2. The summed E-state index contributed by atoms with van der Waals surface area (Å²) in [4.78, 5) is 22.7. The fraction of sp³-hybridized carbons (Fsp3) is 0.818. The van der Waals surface area contributed by atoms with Crippen LogP contribution in [0.3, 0.4) is 0 Å². The number of amides is 1. The van der Waals surface area contributed by atoms with E-state index in [9.17, 15) is 22.8 Å². The lowest BCUT2D eigenvalue weighted by atomic mass is 9.58. The number of likely N-dealkylation sites (tertiary alicyclic amines) is 1. The molecule has 1 amide bonds. The largest absolute Gasteiger partial charge is 0.481 e. The van der Waals surface area contributed by atoms with Gasteiger partial charge in [-0.25, -0.2) is 0 Å². The third-order valence-electron chi connectivity index (χ3n) is 3.90. The van der Waals surface area contributed by atoms with Gasteiger partial charge in [-0.1, -0.05) is 0 Å². The van der Waals surface area contributed by atoms with Gasteiger partial charge in [-0.3, -0.25) is 9.59 Å². The molecule has 1 saturated heterocycles. The van der Waals surface area contributed by atoms with E-state index in [4.69, 9.17) is 5.11 Å². The fourth-order valence-corrected chi connectivity index (χ4v) is 3.05. The van der Waals surface area contributed by atoms with Crippen molar-refractivity contribution >= 4 is 11.9 Å². The summed E-state index contributed by atoms with van der Waals surface area (Å²) in [5.41, 5.74) is -0.401. The molecule has 1 aliphatic heterocycles. The number of hydrogen-bond acceptors (Lipinski definition) is 2. The van der Waals surface area contributed by atoms with Crippen LogP contribution in [0.2, 0.25) is 0 Å². The van der Waals surface area contributed by atoms with Gasteiger partial charge in [0.15, 0.2) is 0 Å². The second-order valence-corrected chi connectivity index (χ2v) is 5.27. The number of carbonyl (C=O) groups is 2. The molecule has 1 heterocycles. The zero-order valence-corrected chi connectivity index (χ0v) is 9.66. The first-order chi connectivity index (χ1) is 8.23. The number of rotatable bonds is 1. The topological polar surface area (TPSA) is 57.6 Å². The van der Waals surface area contributed by atoms with Crippen LogP contribution in [0.1, 0.15) is 25.7 Å². The Bertz CT molecular complexity index is 374. The Hall–Kier alpha value is -1.27. The molecule has 102 valence electrons. The van der Waals surface area contributed by atoms with Gasteiger partial charge in [0.1, 0.15) is 0 Å². The molecular weight excluding hydrogens is 251 g/mol. The van der Waals surface area contributed by atoms with Crippen molar-refractivity contribution in [3.63, 3.8) is 0 Å². The number of carboxylic acid groups (broad SMARTS) is 1. The monoisotopic (exact) mass is 265 g/mol. The van der Waals surface area contributed by atoms with Gasteiger partial charge in [0.2, 0.25) is 0 Å². The van der Waals surface area contributed by atoms with Crippen LogP contribution >= 0.6 is 0 Å². The molecule has 0 unspecified atom stereocenters. The molecule has 2 fully saturated rings. The van der Waals surface area contributed by atoms with Gasteiger partial charge in [0.05, 0.1) is 5.92 Å². The SMILES string of the molecule is O=C(O)C1CC2(CCCN(C(=O)C(F)(F)F)C2)C1. The zero-order valence-electron chi connectivity index (χ0n) is 9.66. The minimum atomic E-state index is -4.84. The smallest absolute Gasteiger partial charge is 0.471 e. The summed E-state index contributed by atoms with van der Waals surface area (Å²) in [6.07, 6.45) is -2.87. The lowest BCUT2D eigenvalue weighted by Gasteiger charge is -2.51. The Morgan fingerprint density at radius 2 is 1.89 bits per heavy atom. The number of carbonyl (C=O) groups excluding carboxylic acids is 1. The Morgan fingerprint density at radius 3 is 2.39 bits per heavy atom. The Balaban J connectivity index is 1.99. The van der Waals surface area contributed by atoms with E-state index in [1.807, 2.05) is 0 Å². The van der Waals surface area contributed by atoms with E-state index in [0.29, 0.717) is 25.7 Å². The second kappa shape index (κ2) is 4.13. The van der Waals surface area contributed by atoms with E-state index < -0.39 is 29.4 Å². The van der Waals surface area contributed by atoms with Crippen molar-refractivity contribution in [1.29, 1.82) is 0 Å². The minimum absolute atomic E-state index is 0.0368. The molecule has 0 aromatic heterocycles. The van der Waals surface area contributed by atoms with E-state index in [1.165, 1.54) is 0 Å². The van der Waals surface area contributed by atoms with E-state index in [2.05, 4.69) is 0 Å². The number of piperidine rings is 1.